The van der Waals surface area contributed by atoms with Crippen molar-refractivity contribution in [3.63, 3.8) is 0 Å². The van der Waals surface area contributed by atoms with Crippen LogP contribution in [0.15, 0.2) is 0 Å². The number of primary amides is 1. The van der Waals surface area contributed by atoms with Crippen LogP contribution in [-0.2, 0) is 0 Å². The fourth-order valence-corrected chi connectivity index (χ4v) is 0.242. The van der Waals surface area contributed by atoms with E-state index in [4.69, 9.17) is 5.26 Å². The first-order valence-electron chi connectivity index (χ1n) is 2.17. The zero-order valence-corrected chi connectivity index (χ0v) is 4.35. The molecule has 0 radical (unpaired) electrons. The van der Waals surface area contributed by atoms with Crippen LogP contribution in [0.1, 0.15) is 6.42 Å². The van der Waals surface area contributed by atoms with Crippen LogP contribution in [0.2, 0.25) is 0 Å². The molecule has 0 heterocycles. The Morgan fingerprint density at radius 1 is 1.88 bits per heavy atom. The van der Waals surface area contributed by atoms with E-state index in [1.165, 1.54) is 0 Å². The van der Waals surface area contributed by atoms with Gasteiger partial charge in [0.1, 0.15) is 0 Å². The van der Waals surface area contributed by atoms with Gasteiger partial charge in [0, 0.05) is 6.54 Å². The third kappa shape index (κ3) is 4.76. The number of hydrogen-bond acceptors (Lipinski definition) is 2. The van der Waals surface area contributed by atoms with Crippen LogP contribution in [0.25, 0.3) is 0 Å². The highest BCUT2D eigenvalue weighted by Gasteiger charge is 1.86. The van der Waals surface area contributed by atoms with Gasteiger partial charge < -0.3 is 11.1 Å². The number of nitrogens with zero attached hydrogens (tertiary/aromatic N) is 1. The van der Waals surface area contributed by atoms with Crippen LogP contribution in [0.3, 0.4) is 0 Å². The van der Waals surface area contributed by atoms with Gasteiger partial charge >= 0.3 is 6.03 Å². The van der Waals surface area contributed by atoms with Crippen molar-refractivity contribution < 1.29 is 4.79 Å². The van der Waals surface area contributed by atoms with E-state index in [9.17, 15) is 4.79 Å². The second kappa shape index (κ2) is 3.93. The normalized spacial score (nSPS) is 7.38. The van der Waals surface area contributed by atoms with E-state index in [0.29, 0.717) is 13.0 Å². The molecule has 0 atom stereocenters. The summed E-state index contributed by atoms with van der Waals surface area (Å²) in [7, 11) is 0. The molecule has 0 saturated heterocycles. The highest BCUT2D eigenvalue weighted by Crippen LogP contribution is 1.67. The predicted octanol–water partition coefficient (Wildman–Crippen LogP) is -0.432. The summed E-state index contributed by atoms with van der Waals surface area (Å²) in [5, 5.41) is 10.2. The Morgan fingerprint density at radius 2 is 2.50 bits per heavy atom. The molecule has 4 heteroatoms. The lowest BCUT2D eigenvalue weighted by Crippen LogP contribution is -2.29. The fourth-order valence-electron chi connectivity index (χ4n) is 0.242. The van der Waals surface area contributed by atoms with E-state index >= 15 is 0 Å². The molecular weight excluding hydrogens is 106 g/mol. The zero-order chi connectivity index (χ0) is 6.41. The van der Waals surface area contributed by atoms with Gasteiger partial charge in [0.15, 0.2) is 0 Å². The topological polar surface area (TPSA) is 78.9 Å². The molecule has 0 rings (SSSR count). The Morgan fingerprint density at radius 3 is 2.88 bits per heavy atom. The molecule has 44 valence electrons. The summed E-state index contributed by atoms with van der Waals surface area (Å²) in [6.45, 7) is 0.339. The number of nitriles is 1. The first-order valence-corrected chi connectivity index (χ1v) is 2.17. The minimum Gasteiger partial charge on any atom is -0.352 e. The summed E-state index contributed by atoms with van der Waals surface area (Å²) in [5.41, 5.74) is 4.67. The highest BCUT2D eigenvalue weighted by atomic mass is 16.2. The quantitative estimate of drug-likeness (QED) is 0.476. The van der Waals surface area contributed by atoms with Gasteiger partial charge in [0.25, 0.3) is 0 Å². The van der Waals surface area contributed by atoms with Crippen molar-refractivity contribution >= 4 is 6.03 Å². The lowest BCUT2D eigenvalue weighted by Gasteiger charge is -1.92. The van der Waals surface area contributed by atoms with E-state index in [0.717, 1.165) is 0 Å². The van der Waals surface area contributed by atoms with Gasteiger partial charge in [-0.05, 0) is 0 Å². The molecule has 2 amide bonds. The number of rotatable bonds is 2. The molecule has 0 aromatic carbocycles. The molecule has 0 aromatic rings. The molecule has 8 heavy (non-hydrogen) atoms. The molecule has 3 N–H and O–H groups in total. The van der Waals surface area contributed by atoms with Crippen LogP contribution in [0, 0.1) is 11.3 Å². The Kier molecular flexibility index (Phi) is 3.32. The number of nitrogens with one attached hydrogen (secondary N) is 1. The number of carbonyl (C=O) groups is 1. The van der Waals surface area contributed by atoms with Crippen LogP contribution in [0.4, 0.5) is 4.79 Å². The van der Waals surface area contributed by atoms with E-state index in [-0.39, 0.29) is 0 Å². The molecular formula is C4H7N3O. The highest BCUT2D eigenvalue weighted by molar-refractivity contribution is 5.71. The minimum atomic E-state index is -0.583. The number of carbonyl (C=O) groups excluding carboxylic acids is 1. The summed E-state index contributed by atoms with van der Waals surface area (Å²) in [6.07, 6.45) is 0.308. The van der Waals surface area contributed by atoms with E-state index in [1.54, 1.807) is 0 Å². The van der Waals surface area contributed by atoms with Gasteiger partial charge in [-0.1, -0.05) is 0 Å². The number of urea groups is 1. The van der Waals surface area contributed by atoms with Gasteiger partial charge in [-0.3, -0.25) is 0 Å². The second-order valence-corrected chi connectivity index (χ2v) is 1.20. The van der Waals surface area contributed by atoms with E-state index in [2.05, 4.69) is 11.1 Å². The maximum atomic E-state index is 9.88. The van der Waals surface area contributed by atoms with E-state index < -0.39 is 6.03 Å². The minimum absolute atomic E-state index is 0.308. The largest absolute Gasteiger partial charge is 0.352 e. The lowest BCUT2D eigenvalue weighted by atomic mass is 10.5. The fraction of sp³-hybridized carbons (Fsp3) is 0.500. The van der Waals surface area contributed by atoms with Gasteiger partial charge in [0.2, 0.25) is 0 Å². The van der Waals surface area contributed by atoms with Crippen LogP contribution < -0.4 is 11.1 Å². The molecule has 0 unspecified atom stereocenters. The Hall–Kier alpha value is -1.24. The molecule has 0 spiro atoms. The molecule has 0 aromatic heterocycles. The van der Waals surface area contributed by atoms with Crippen molar-refractivity contribution in [3.05, 3.63) is 0 Å². The first-order chi connectivity index (χ1) is 3.77. The van der Waals surface area contributed by atoms with Crippen molar-refractivity contribution in [2.75, 3.05) is 6.54 Å². The molecule has 0 saturated carbocycles. The Balaban J connectivity index is 2.97. The molecule has 0 aliphatic heterocycles. The smallest absolute Gasteiger partial charge is 0.312 e. The number of nitrogens with two attached hydrogens (primary N) is 1. The van der Waals surface area contributed by atoms with Crippen molar-refractivity contribution in [3.8, 4) is 6.07 Å². The van der Waals surface area contributed by atoms with Crippen molar-refractivity contribution in [1.29, 1.82) is 5.26 Å². The molecule has 4 nitrogen and oxygen atoms in total. The summed E-state index contributed by atoms with van der Waals surface area (Å²) >= 11 is 0. The van der Waals surface area contributed by atoms with Crippen molar-refractivity contribution in [2.45, 2.75) is 6.42 Å². The average molecular weight is 113 g/mol. The van der Waals surface area contributed by atoms with Crippen LogP contribution >= 0.6 is 0 Å². The average Bonchev–Trinajstić information content (AvgIpc) is 1.66. The second-order valence-electron chi connectivity index (χ2n) is 1.20. The summed E-state index contributed by atoms with van der Waals surface area (Å²) in [6, 6.07) is 1.27. The molecule has 0 bridgehead atoms. The SMILES string of the molecule is N#CCCNC(N)=O. The van der Waals surface area contributed by atoms with Crippen LogP contribution in [0.5, 0.6) is 0 Å². The van der Waals surface area contributed by atoms with Crippen molar-refractivity contribution in [2.24, 2.45) is 5.73 Å². The summed E-state index contributed by atoms with van der Waals surface area (Å²) in [5.74, 6) is 0. The Labute approximate surface area is 47.3 Å². The number of amides is 2. The Bertz CT molecular complexity index is 115. The standard InChI is InChI=1S/C4H7N3O/c5-2-1-3-7-4(6)8/h1,3H2,(H3,6,7,8). The van der Waals surface area contributed by atoms with Gasteiger partial charge in [0.05, 0.1) is 12.5 Å². The number of hydrogen-bond donors (Lipinski definition) is 2. The zero-order valence-electron chi connectivity index (χ0n) is 4.35. The third-order valence-corrected chi connectivity index (χ3v) is 0.536. The summed E-state index contributed by atoms with van der Waals surface area (Å²) in [4.78, 5) is 9.88. The molecule has 0 fully saturated rings. The third-order valence-electron chi connectivity index (χ3n) is 0.536. The summed E-state index contributed by atoms with van der Waals surface area (Å²) < 4.78 is 0. The lowest BCUT2D eigenvalue weighted by molar-refractivity contribution is 0.249. The van der Waals surface area contributed by atoms with Crippen molar-refractivity contribution in [1.82, 2.24) is 5.32 Å². The molecule has 0 aliphatic carbocycles. The van der Waals surface area contributed by atoms with Gasteiger partial charge in [-0.25, -0.2) is 4.79 Å². The maximum absolute atomic E-state index is 9.88. The van der Waals surface area contributed by atoms with E-state index in [1.807, 2.05) is 6.07 Å². The molecule has 0 aliphatic rings. The predicted molar refractivity (Wildman–Crippen MR) is 27.8 cm³/mol. The van der Waals surface area contributed by atoms with Gasteiger partial charge in [-0.15, -0.1) is 0 Å². The monoisotopic (exact) mass is 113 g/mol. The van der Waals surface area contributed by atoms with Crippen LogP contribution in [-0.4, -0.2) is 12.6 Å². The van der Waals surface area contributed by atoms with Gasteiger partial charge in [-0.2, -0.15) is 5.26 Å². The maximum Gasteiger partial charge on any atom is 0.312 e. The first kappa shape index (κ1) is 6.76.